The zero-order valence-corrected chi connectivity index (χ0v) is 11.8. The van der Waals surface area contributed by atoms with Crippen molar-refractivity contribution >= 4 is 17.9 Å². The Hall–Kier alpha value is -1.71. The summed E-state index contributed by atoms with van der Waals surface area (Å²) in [6.07, 6.45) is -6.68. The molecule has 0 aromatic carbocycles. The molecule has 1 aliphatic heterocycles. The molecule has 2 N–H and O–H groups in total. The molecule has 9 heteroatoms. The third-order valence-electron chi connectivity index (χ3n) is 2.69. The highest BCUT2D eigenvalue weighted by molar-refractivity contribution is 5.67. The van der Waals surface area contributed by atoms with Crippen LogP contribution in [0.25, 0.3) is 0 Å². The maximum Gasteiger partial charge on any atom is 0.303 e. The normalized spacial score (nSPS) is 29.6. The first-order valence-electron chi connectivity index (χ1n) is 6.21. The summed E-state index contributed by atoms with van der Waals surface area (Å²) in [4.78, 5) is 32.8. The van der Waals surface area contributed by atoms with Gasteiger partial charge >= 0.3 is 17.9 Å². The molecule has 120 valence electrons. The first-order valence-corrected chi connectivity index (χ1v) is 6.21. The number of hydrogen-bond donors (Lipinski definition) is 2. The molecule has 0 saturated carbocycles. The molecule has 21 heavy (non-hydrogen) atoms. The van der Waals surface area contributed by atoms with Crippen LogP contribution in [0.1, 0.15) is 20.8 Å². The minimum atomic E-state index is -1.58. The maximum atomic E-state index is 11.1. The van der Waals surface area contributed by atoms with E-state index in [4.69, 9.17) is 18.9 Å². The lowest BCUT2D eigenvalue weighted by atomic mass is 10.1. The van der Waals surface area contributed by atoms with Crippen LogP contribution in [0.15, 0.2) is 0 Å². The third-order valence-corrected chi connectivity index (χ3v) is 2.69. The minimum Gasteiger partial charge on any atom is -0.462 e. The van der Waals surface area contributed by atoms with E-state index in [1.54, 1.807) is 0 Å². The lowest BCUT2D eigenvalue weighted by Crippen LogP contribution is -2.44. The molecule has 0 amide bonds. The van der Waals surface area contributed by atoms with Crippen LogP contribution in [-0.4, -0.2) is 65.4 Å². The Morgan fingerprint density at radius 2 is 1.71 bits per heavy atom. The van der Waals surface area contributed by atoms with E-state index in [2.05, 4.69) is 0 Å². The predicted molar refractivity (Wildman–Crippen MR) is 64.6 cm³/mol. The molecule has 1 rings (SSSR count). The standard InChI is InChI=1S/C12H18O9/c1-5(13)18-4-8(19-6(2)14)10-9(16)11(12(17)21-10)20-7(3)15/h8-12,16-17H,4H2,1-3H3/t8-,9+,10+,11-,12?/m1/s1. The van der Waals surface area contributed by atoms with Gasteiger partial charge in [-0.2, -0.15) is 0 Å². The number of hydrogen-bond acceptors (Lipinski definition) is 9. The van der Waals surface area contributed by atoms with E-state index < -0.39 is 48.6 Å². The Bertz CT molecular complexity index is 408. The summed E-state index contributed by atoms with van der Waals surface area (Å²) in [5.74, 6) is -2.02. The van der Waals surface area contributed by atoms with E-state index in [-0.39, 0.29) is 6.61 Å². The molecule has 1 unspecified atom stereocenters. The van der Waals surface area contributed by atoms with Crippen molar-refractivity contribution in [1.82, 2.24) is 0 Å². The van der Waals surface area contributed by atoms with Crippen molar-refractivity contribution in [2.24, 2.45) is 0 Å². The average molecular weight is 306 g/mol. The largest absolute Gasteiger partial charge is 0.462 e. The lowest BCUT2D eigenvalue weighted by molar-refractivity contribution is -0.184. The highest BCUT2D eigenvalue weighted by atomic mass is 16.7. The molecule has 0 radical (unpaired) electrons. The number of rotatable bonds is 5. The van der Waals surface area contributed by atoms with Gasteiger partial charge < -0.3 is 29.2 Å². The van der Waals surface area contributed by atoms with Crippen molar-refractivity contribution < 1.29 is 43.5 Å². The van der Waals surface area contributed by atoms with Gasteiger partial charge in [-0.05, 0) is 0 Å². The monoisotopic (exact) mass is 306 g/mol. The number of carbonyl (C=O) groups is 3. The van der Waals surface area contributed by atoms with Crippen LogP contribution in [0.2, 0.25) is 0 Å². The molecule has 0 aliphatic carbocycles. The number of aliphatic hydroxyl groups excluding tert-OH is 2. The SMILES string of the molecule is CC(=O)OC[C@@H](OC(C)=O)[C@@H]1OC(O)[C@H](OC(C)=O)[C@H]1O. The Balaban J connectivity index is 2.79. The van der Waals surface area contributed by atoms with Crippen molar-refractivity contribution in [2.75, 3.05) is 6.61 Å². The summed E-state index contributed by atoms with van der Waals surface area (Å²) < 4.78 is 19.4. The second kappa shape index (κ2) is 7.34. The van der Waals surface area contributed by atoms with Gasteiger partial charge in [0.05, 0.1) is 0 Å². The van der Waals surface area contributed by atoms with Crippen LogP contribution in [0.4, 0.5) is 0 Å². The van der Waals surface area contributed by atoms with Crippen LogP contribution in [0, 0.1) is 0 Å². The minimum absolute atomic E-state index is 0.365. The van der Waals surface area contributed by atoms with Crippen molar-refractivity contribution in [2.45, 2.75) is 51.5 Å². The topological polar surface area (TPSA) is 129 Å². The van der Waals surface area contributed by atoms with Gasteiger partial charge in [0.2, 0.25) is 0 Å². The summed E-state index contributed by atoms with van der Waals surface area (Å²) in [6.45, 7) is 3.03. The first-order chi connectivity index (χ1) is 9.72. The number of carbonyl (C=O) groups excluding carboxylic acids is 3. The molecule has 0 spiro atoms. The van der Waals surface area contributed by atoms with Crippen molar-refractivity contribution in [3.05, 3.63) is 0 Å². The zero-order chi connectivity index (χ0) is 16.2. The molecular formula is C12H18O9. The highest BCUT2D eigenvalue weighted by Crippen LogP contribution is 2.26. The molecule has 1 fully saturated rings. The van der Waals surface area contributed by atoms with Gasteiger partial charge in [-0.1, -0.05) is 0 Å². The highest BCUT2D eigenvalue weighted by Gasteiger charge is 2.49. The van der Waals surface area contributed by atoms with Crippen LogP contribution in [0.5, 0.6) is 0 Å². The number of esters is 3. The van der Waals surface area contributed by atoms with Gasteiger partial charge in [0.1, 0.15) is 18.8 Å². The molecule has 1 saturated heterocycles. The molecular weight excluding hydrogens is 288 g/mol. The van der Waals surface area contributed by atoms with Crippen molar-refractivity contribution in [3.63, 3.8) is 0 Å². The fraction of sp³-hybridized carbons (Fsp3) is 0.750. The van der Waals surface area contributed by atoms with Crippen LogP contribution < -0.4 is 0 Å². The van der Waals surface area contributed by atoms with Gasteiger partial charge in [-0.25, -0.2) is 0 Å². The van der Waals surface area contributed by atoms with Gasteiger partial charge in [-0.3, -0.25) is 14.4 Å². The molecule has 0 aromatic rings. The van der Waals surface area contributed by atoms with Gasteiger partial charge in [0.25, 0.3) is 0 Å². The van der Waals surface area contributed by atoms with E-state index in [1.807, 2.05) is 0 Å². The summed E-state index contributed by atoms with van der Waals surface area (Å²) in [6, 6.07) is 0. The van der Waals surface area contributed by atoms with Crippen LogP contribution in [-0.2, 0) is 33.3 Å². The Labute approximate surface area is 120 Å². The lowest BCUT2D eigenvalue weighted by Gasteiger charge is -2.24. The third kappa shape index (κ3) is 4.96. The van der Waals surface area contributed by atoms with Crippen LogP contribution >= 0.6 is 0 Å². The van der Waals surface area contributed by atoms with Gasteiger partial charge in [0, 0.05) is 20.8 Å². The van der Waals surface area contributed by atoms with E-state index in [1.165, 1.54) is 0 Å². The first kappa shape index (κ1) is 17.3. The fourth-order valence-corrected chi connectivity index (χ4v) is 1.91. The number of ether oxygens (including phenoxy) is 4. The summed E-state index contributed by atoms with van der Waals surface area (Å²) in [7, 11) is 0. The zero-order valence-electron chi connectivity index (χ0n) is 11.8. The van der Waals surface area contributed by atoms with Crippen molar-refractivity contribution in [3.8, 4) is 0 Å². The molecule has 9 nitrogen and oxygen atoms in total. The Kier molecular flexibility index (Phi) is 6.06. The van der Waals surface area contributed by atoms with Gasteiger partial charge in [-0.15, -0.1) is 0 Å². The van der Waals surface area contributed by atoms with Crippen molar-refractivity contribution in [1.29, 1.82) is 0 Å². The second-order valence-electron chi connectivity index (χ2n) is 4.51. The molecule has 1 heterocycles. The Morgan fingerprint density at radius 3 is 2.19 bits per heavy atom. The average Bonchev–Trinajstić information content (AvgIpc) is 2.61. The smallest absolute Gasteiger partial charge is 0.303 e. The summed E-state index contributed by atoms with van der Waals surface area (Å²) in [5, 5.41) is 19.7. The van der Waals surface area contributed by atoms with Crippen LogP contribution in [0.3, 0.4) is 0 Å². The van der Waals surface area contributed by atoms with E-state index in [0.717, 1.165) is 20.8 Å². The number of aliphatic hydroxyl groups is 2. The predicted octanol–water partition coefficient (Wildman–Crippen LogP) is -1.51. The summed E-state index contributed by atoms with van der Waals surface area (Å²) in [5.41, 5.74) is 0. The summed E-state index contributed by atoms with van der Waals surface area (Å²) >= 11 is 0. The Morgan fingerprint density at radius 1 is 1.10 bits per heavy atom. The van der Waals surface area contributed by atoms with E-state index in [0.29, 0.717) is 0 Å². The van der Waals surface area contributed by atoms with Gasteiger partial charge in [0.15, 0.2) is 18.5 Å². The quantitative estimate of drug-likeness (QED) is 0.460. The molecule has 5 atom stereocenters. The van der Waals surface area contributed by atoms with E-state index in [9.17, 15) is 24.6 Å². The maximum absolute atomic E-state index is 11.1. The molecule has 0 bridgehead atoms. The molecule has 0 aromatic heterocycles. The fourth-order valence-electron chi connectivity index (χ4n) is 1.91. The second-order valence-corrected chi connectivity index (χ2v) is 4.51. The van der Waals surface area contributed by atoms with E-state index >= 15 is 0 Å². The molecule has 1 aliphatic rings.